The maximum Gasteiger partial charge on any atom is 0.246 e. The number of carbonyl (C=O) groups excluding carboxylic acids is 2. The van der Waals surface area contributed by atoms with Crippen molar-refractivity contribution in [3.8, 4) is 0 Å². The van der Waals surface area contributed by atoms with E-state index in [9.17, 15) is 9.59 Å². The van der Waals surface area contributed by atoms with Crippen molar-refractivity contribution in [2.45, 2.75) is 83.2 Å². The quantitative estimate of drug-likeness (QED) is 0.408. The number of thioether (sulfide) groups is 1. The minimum atomic E-state index is -0.644. The molecule has 6 heteroatoms. The van der Waals surface area contributed by atoms with Gasteiger partial charge in [0.05, 0.1) is 0 Å². The van der Waals surface area contributed by atoms with E-state index in [1.165, 1.54) is 37.7 Å². The molecule has 34 heavy (non-hydrogen) atoms. The highest BCUT2D eigenvalue weighted by Gasteiger charge is 2.53. The van der Waals surface area contributed by atoms with Crippen LogP contribution < -0.4 is 5.32 Å². The van der Waals surface area contributed by atoms with Crippen LogP contribution in [0.5, 0.6) is 0 Å². The number of nitrogens with zero attached hydrogens (tertiary/aromatic N) is 2. The van der Waals surface area contributed by atoms with Crippen LogP contribution in [-0.4, -0.2) is 71.4 Å². The Morgan fingerprint density at radius 1 is 1.00 bits per heavy atom. The van der Waals surface area contributed by atoms with Crippen molar-refractivity contribution in [3.63, 3.8) is 0 Å². The molecule has 1 aromatic carbocycles. The molecule has 1 spiro atoms. The van der Waals surface area contributed by atoms with E-state index in [-0.39, 0.29) is 17.9 Å². The highest BCUT2D eigenvalue weighted by Crippen LogP contribution is 2.34. The van der Waals surface area contributed by atoms with Crippen LogP contribution in [0.2, 0.25) is 0 Å². The molecule has 3 rings (SSSR count). The smallest absolute Gasteiger partial charge is 0.246 e. The standard InChI is InChI=1S/C28H45N3O2S/c1-23(2)22-25-26(32)31(18-11-21-34-3)28(27(33)29-25)15-19-30(20-16-28)17-10-5-4-7-12-24-13-8-6-9-14-24/h6,8-9,13-14,23,25H,4-5,7,10-12,15-22H2,1-3H3,(H,29,33)/t25-/m0/s1. The fraction of sp³-hybridized carbons (Fsp3) is 0.714. The van der Waals surface area contributed by atoms with Crippen LogP contribution in [-0.2, 0) is 16.0 Å². The van der Waals surface area contributed by atoms with Crippen LogP contribution in [0.4, 0.5) is 0 Å². The van der Waals surface area contributed by atoms with E-state index in [2.05, 4.69) is 60.7 Å². The summed E-state index contributed by atoms with van der Waals surface area (Å²) in [6, 6.07) is 10.4. The lowest BCUT2D eigenvalue weighted by molar-refractivity contribution is -0.161. The van der Waals surface area contributed by atoms with Crippen molar-refractivity contribution in [2.24, 2.45) is 5.92 Å². The lowest BCUT2D eigenvalue weighted by Gasteiger charge is -2.52. The van der Waals surface area contributed by atoms with Gasteiger partial charge >= 0.3 is 0 Å². The van der Waals surface area contributed by atoms with Gasteiger partial charge in [-0.2, -0.15) is 11.8 Å². The van der Waals surface area contributed by atoms with Crippen molar-refractivity contribution in [3.05, 3.63) is 35.9 Å². The van der Waals surface area contributed by atoms with Gasteiger partial charge in [0.1, 0.15) is 11.6 Å². The number of hydrogen-bond acceptors (Lipinski definition) is 4. The molecule has 2 aliphatic rings. The van der Waals surface area contributed by atoms with Crippen LogP contribution in [0.3, 0.4) is 0 Å². The summed E-state index contributed by atoms with van der Waals surface area (Å²) in [6.45, 7) is 7.82. The Morgan fingerprint density at radius 2 is 1.71 bits per heavy atom. The summed E-state index contributed by atoms with van der Waals surface area (Å²) in [5.41, 5.74) is 0.789. The number of benzene rings is 1. The number of piperazine rings is 1. The van der Waals surface area contributed by atoms with E-state index in [0.29, 0.717) is 12.5 Å². The Morgan fingerprint density at radius 3 is 2.38 bits per heavy atom. The molecule has 2 aliphatic heterocycles. The molecule has 2 heterocycles. The van der Waals surface area contributed by atoms with Gasteiger partial charge in [0.2, 0.25) is 11.8 Å². The lowest BCUT2D eigenvalue weighted by atomic mass is 9.80. The Kier molecular flexibility index (Phi) is 10.8. The van der Waals surface area contributed by atoms with Gasteiger partial charge in [0, 0.05) is 19.6 Å². The molecule has 1 N–H and O–H groups in total. The minimum absolute atomic E-state index is 0.0856. The Balaban J connectivity index is 1.47. The van der Waals surface area contributed by atoms with Crippen molar-refractivity contribution in [2.75, 3.05) is 38.2 Å². The molecular formula is C28H45N3O2S. The van der Waals surface area contributed by atoms with Gasteiger partial charge < -0.3 is 15.1 Å². The van der Waals surface area contributed by atoms with E-state index in [1.807, 2.05) is 4.90 Å². The number of likely N-dealkylation sites (tertiary alicyclic amines) is 1. The Labute approximate surface area is 211 Å². The average molecular weight is 488 g/mol. The summed E-state index contributed by atoms with van der Waals surface area (Å²) in [6.07, 6.45) is 11.4. The predicted octanol–water partition coefficient (Wildman–Crippen LogP) is 4.75. The Hall–Kier alpha value is -1.53. The molecule has 0 radical (unpaired) electrons. The van der Waals surface area contributed by atoms with Gasteiger partial charge in [-0.15, -0.1) is 0 Å². The number of piperidine rings is 1. The fourth-order valence-electron chi connectivity index (χ4n) is 5.50. The number of amides is 2. The molecule has 2 amide bonds. The SMILES string of the molecule is CSCCCN1C(=O)[C@H](CC(C)C)NC(=O)C12CCN(CCCCCCc1ccccc1)CC2. The molecule has 0 saturated carbocycles. The summed E-state index contributed by atoms with van der Waals surface area (Å²) in [4.78, 5) is 31.3. The maximum atomic E-state index is 13.4. The first-order valence-electron chi connectivity index (χ1n) is 13.3. The number of nitrogens with one attached hydrogen (secondary N) is 1. The van der Waals surface area contributed by atoms with Crippen molar-refractivity contribution in [1.82, 2.24) is 15.1 Å². The molecule has 0 aliphatic carbocycles. The molecule has 5 nitrogen and oxygen atoms in total. The zero-order valence-corrected chi connectivity index (χ0v) is 22.4. The molecule has 0 bridgehead atoms. The third-order valence-electron chi connectivity index (χ3n) is 7.46. The third-order valence-corrected chi connectivity index (χ3v) is 8.16. The van der Waals surface area contributed by atoms with Crippen molar-refractivity contribution < 1.29 is 9.59 Å². The van der Waals surface area contributed by atoms with Crippen LogP contribution >= 0.6 is 11.8 Å². The largest absolute Gasteiger partial charge is 0.342 e. The maximum absolute atomic E-state index is 13.4. The van der Waals surface area contributed by atoms with Crippen LogP contribution in [0, 0.1) is 5.92 Å². The van der Waals surface area contributed by atoms with Gasteiger partial charge in [-0.3, -0.25) is 9.59 Å². The first-order valence-corrected chi connectivity index (χ1v) is 14.7. The fourth-order valence-corrected chi connectivity index (χ4v) is 5.92. The Bertz CT molecular complexity index is 762. The molecular weight excluding hydrogens is 442 g/mol. The van der Waals surface area contributed by atoms with Crippen molar-refractivity contribution in [1.29, 1.82) is 0 Å². The van der Waals surface area contributed by atoms with Crippen LogP contribution in [0.15, 0.2) is 30.3 Å². The predicted molar refractivity (Wildman–Crippen MR) is 143 cm³/mol. The molecule has 0 unspecified atom stereocenters. The highest BCUT2D eigenvalue weighted by atomic mass is 32.2. The average Bonchev–Trinajstić information content (AvgIpc) is 2.83. The summed E-state index contributed by atoms with van der Waals surface area (Å²) in [5.74, 6) is 1.63. The van der Waals surface area contributed by atoms with E-state index in [4.69, 9.17) is 0 Å². The number of aryl methyl sites for hydroxylation is 1. The highest BCUT2D eigenvalue weighted by molar-refractivity contribution is 7.98. The van der Waals surface area contributed by atoms with Gasteiger partial charge in [0.25, 0.3) is 0 Å². The van der Waals surface area contributed by atoms with E-state index in [0.717, 1.165) is 51.1 Å². The molecule has 1 aromatic rings. The zero-order chi connectivity index (χ0) is 24.4. The monoisotopic (exact) mass is 487 g/mol. The number of carbonyl (C=O) groups is 2. The van der Waals surface area contributed by atoms with Gasteiger partial charge in [0.15, 0.2) is 0 Å². The molecule has 1 atom stereocenters. The van der Waals surface area contributed by atoms with Crippen LogP contribution in [0.25, 0.3) is 0 Å². The number of rotatable bonds is 13. The van der Waals surface area contributed by atoms with Gasteiger partial charge in [-0.1, -0.05) is 57.0 Å². The first kappa shape index (κ1) is 27.1. The van der Waals surface area contributed by atoms with E-state index in [1.54, 1.807) is 11.8 Å². The molecule has 2 saturated heterocycles. The second-order valence-corrected chi connectivity index (χ2v) is 11.5. The lowest BCUT2D eigenvalue weighted by Crippen LogP contribution is -2.73. The summed E-state index contributed by atoms with van der Waals surface area (Å²) in [5, 5.41) is 3.12. The van der Waals surface area contributed by atoms with Crippen molar-refractivity contribution >= 4 is 23.6 Å². The zero-order valence-electron chi connectivity index (χ0n) is 21.6. The van der Waals surface area contributed by atoms with Gasteiger partial charge in [-0.25, -0.2) is 0 Å². The van der Waals surface area contributed by atoms with E-state index < -0.39 is 5.54 Å². The summed E-state index contributed by atoms with van der Waals surface area (Å²) in [7, 11) is 0. The summed E-state index contributed by atoms with van der Waals surface area (Å²) < 4.78 is 0. The minimum Gasteiger partial charge on any atom is -0.342 e. The van der Waals surface area contributed by atoms with Gasteiger partial charge in [-0.05, 0) is 75.0 Å². The second-order valence-electron chi connectivity index (χ2n) is 10.5. The normalized spacial score (nSPS) is 20.8. The number of hydrogen-bond donors (Lipinski definition) is 1. The second kappa shape index (κ2) is 13.5. The molecule has 2 fully saturated rings. The topological polar surface area (TPSA) is 52.7 Å². The summed E-state index contributed by atoms with van der Waals surface area (Å²) >= 11 is 1.81. The first-order chi connectivity index (χ1) is 16.5. The van der Waals surface area contributed by atoms with E-state index >= 15 is 0 Å². The van der Waals surface area contributed by atoms with Crippen LogP contribution in [0.1, 0.15) is 70.8 Å². The number of unbranched alkanes of at least 4 members (excludes halogenated alkanes) is 3. The molecule has 0 aromatic heterocycles. The third kappa shape index (κ3) is 7.24. The molecule has 190 valence electrons.